The average Bonchev–Trinajstić information content (AvgIpc) is 3.57. The lowest BCUT2D eigenvalue weighted by atomic mass is 9.85. The average molecular weight is 597 g/mol. The quantitative estimate of drug-likeness (QED) is 0.155. The van der Waals surface area contributed by atoms with E-state index in [-0.39, 0.29) is 33.7 Å². The smallest absolute Gasteiger partial charge is 0.124 e. The standard InChI is InChI=1S/C38H56N6/c1-35(2,3)23-41-31(37(7,8)9)33-39-21-29(43-33)27-17-13-25(14-18-27)26-15-19-28(20-16-26)30-22-40-34(44-30)32(38(10,11)12)42-24-36(4,5)6/h13-22,31-32,41-42H,23-24H2,1-12H3,(H,39,43)(H,40,44)/t31-,32-/m1/s1. The van der Waals surface area contributed by atoms with Gasteiger partial charge in [0.2, 0.25) is 0 Å². The molecular formula is C38H56N6. The Hall–Kier alpha value is -3.22. The number of imidazole rings is 2. The van der Waals surface area contributed by atoms with E-state index in [0.717, 1.165) is 47.3 Å². The number of nitrogens with zero attached hydrogens (tertiary/aromatic N) is 2. The number of H-pyrrole nitrogens is 2. The Morgan fingerprint density at radius 3 is 1.07 bits per heavy atom. The summed E-state index contributed by atoms with van der Waals surface area (Å²) in [5.74, 6) is 1.97. The van der Waals surface area contributed by atoms with Crippen LogP contribution in [0.25, 0.3) is 33.6 Å². The molecule has 0 aliphatic heterocycles. The van der Waals surface area contributed by atoms with E-state index < -0.39 is 0 Å². The van der Waals surface area contributed by atoms with Gasteiger partial charge in [0.25, 0.3) is 0 Å². The van der Waals surface area contributed by atoms with E-state index in [9.17, 15) is 0 Å². The Kier molecular flexibility index (Phi) is 9.68. The third-order valence-electron chi connectivity index (χ3n) is 7.87. The minimum absolute atomic E-state index is 0.0333. The molecule has 6 nitrogen and oxygen atoms in total. The fourth-order valence-corrected chi connectivity index (χ4v) is 5.39. The van der Waals surface area contributed by atoms with E-state index in [0.29, 0.717) is 0 Å². The summed E-state index contributed by atoms with van der Waals surface area (Å²) in [6.07, 6.45) is 3.91. The van der Waals surface area contributed by atoms with Crippen LogP contribution in [-0.4, -0.2) is 33.0 Å². The summed E-state index contributed by atoms with van der Waals surface area (Å²) in [6.45, 7) is 28.9. The highest BCUT2D eigenvalue weighted by atomic mass is 15.0. The first-order valence-corrected chi connectivity index (χ1v) is 16.1. The molecule has 0 fully saturated rings. The molecule has 6 heteroatoms. The third kappa shape index (κ3) is 8.92. The fourth-order valence-electron chi connectivity index (χ4n) is 5.39. The van der Waals surface area contributed by atoms with Crippen molar-refractivity contribution in [2.75, 3.05) is 13.1 Å². The van der Waals surface area contributed by atoms with E-state index in [1.165, 1.54) is 11.1 Å². The van der Waals surface area contributed by atoms with E-state index in [4.69, 9.17) is 9.97 Å². The van der Waals surface area contributed by atoms with Gasteiger partial charge in [0.05, 0.1) is 35.9 Å². The van der Waals surface area contributed by atoms with Gasteiger partial charge in [-0.05, 0) is 43.9 Å². The molecule has 2 atom stereocenters. The fraction of sp³-hybridized carbons (Fsp3) is 0.526. The molecule has 0 aliphatic rings. The van der Waals surface area contributed by atoms with Crippen molar-refractivity contribution in [3.05, 3.63) is 72.6 Å². The van der Waals surface area contributed by atoms with Crippen molar-refractivity contribution in [2.45, 2.75) is 95.2 Å². The van der Waals surface area contributed by atoms with Crippen LogP contribution in [0, 0.1) is 21.7 Å². The molecule has 0 saturated carbocycles. The topological polar surface area (TPSA) is 81.4 Å². The van der Waals surface area contributed by atoms with Crippen molar-refractivity contribution < 1.29 is 0 Å². The van der Waals surface area contributed by atoms with Crippen molar-refractivity contribution in [1.29, 1.82) is 0 Å². The highest BCUT2D eigenvalue weighted by Crippen LogP contribution is 2.35. The summed E-state index contributed by atoms with van der Waals surface area (Å²) in [7, 11) is 0. The van der Waals surface area contributed by atoms with Gasteiger partial charge in [0.1, 0.15) is 11.6 Å². The molecule has 44 heavy (non-hydrogen) atoms. The minimum Gasteiger partial charge on any atom is -0.341 e. The number of nitrogens with one attached hydrogen (secondary N) is 4. The van der Waals surface area contributed by atoms with Crippen LogP contribution in [0.5, 0.6) is 0 Å². The molecule has 2 aromatic heterocycles. The Labute approximate surface area is 266 Å². The Morgan fingerprint density at radius 1 is 0.500 bits per heavy atom. The van der Waals surface area contributed by atoms with Crippen molar-refractivity contribution in [2.24, 2.45) is 21.7 Å². The van der Waals surface area contributed by atoms with Gasteiger partial charge in [0, 0.05) is 13.1 Å². The van der Waals surface area contributed by atoms with Crippen LogP contribution in [0.1, 0.15) is 107 Å². The lowest BCUT2D eigenvalue weighted by Gasteiger charge is -2.32. The van der Waals surface area contributed by atoms with Crippen LogP contribution in [0.3, 0.4) is 0 Å². The van der Waals surface area contributed by atoms with Gasteiger partial charge in [-0.25, -0.2) is 9.97 Å². The second-order valence-electron chi connectivity index (χ2n) is 17.0. The maximum atomic E-state index is 4.80. The van der Waals surface area contributed by atoms with Gasteiger partial charge < -0.3 is 20.6 Å². The first-order chi connectivity index (χ1) is 20.3. The number of aromatic nitrogens is 4. The second kappa shape index (κ2) is 12.6. The molecule has 0 radical (unpaired) electrons. The predicted molar refractivity (Wildman–Crippen MR) is 186 cm³/mol. The Morgan fingerprint density at radius 2 is 0.795 bits per heavy atom. The Balaban J connectivity index is 1.47. The van der Waals surface area contributed by atoms with Crippen molar-refractivity contribution >= 4 is 0 Å². The molecule has 0 bridgehead atoms. The molecule has 238 valence electrons. The van der Waals surface area contributed by atoms with Gasteiger partial charge in [-0.1, -0.05) is 132 Å². The highest BCUT2D eigenvalue weighted by molar-refractivity contribution is 5.71. The van der Waals surface area contributed by atoms with Gasteiger partial charge in [-0.2, -0.15) is 0 Å². The van der Waals surface area contributed by atoms with Gasteiger partial charge in [-0.15, -0.1) is 0 Å². The van der Waals surface area contributed by atoms with Gasteiger partial charge in [0.15, 0.2) is 0 Å². The summed E-state index contributed by atoms with van der Waals surface area (Å²) in [6, 6.07) is 17.7. The number of hydrogen-bond acceptors (Lipinski definition) is 4. The van der Waals surface area contributed by atoms with Crippen LogP contribution in [0.15, 0.2) is 60.9 Å². The van der Waals surface area contributed by atoms with Crippen LogP contribution < -0.4 is 10.6 Å². The Bertz CT molecular complexity index is 1360. The molecule has 0 saturated heterocycles. The molecule has 0 amide bonds. The van der Waals surface area contributed by atoms with E-state index in [1.807, 2.05) is 12.4 Å². The molecular weight excluding hydrogens is 540 g/mol. The number of rotatable bonds is 9. The molecule has 2 heterocycles. The first kappa shape index (κ1) is 33.7. The van der Waals surface area contributed by atoms with Crippen LogP contribution >= 0.6 is 0 Å². The van der Waals surface area contributed by atoms with Crippen LogP contribution in [0.2, 0.25) is 0 Å². The first-order valence-electron chi connectivity index (χ1n) is 16.1. The zero-order valence-corrected chi connectivity index (χ0v) is 29.2. The van der Waals surface area contributed by atoms with Crippen LogP contribution in [0.4, 0.5) is 0 Å². The maximum absolute atomic E-state index is 4.80. The van der Waals surface area contributed by atoms with Gasteiger partial charge >= 0.3 is 0 Å². The second-order valence-corrected chi connectivity index (χ2v) is 17.0. The van der Waals surface area contributed by atoms with E-state index >= 15 is 0 Å². The molecule has 4 aromatic rings. The van der Waals surface area contributed by atoms with Crippen molar-refractivity contribution in [3.63, 3.8) is 0 Å². The van der Waals surface area contributed by atoms with Crippen molar-refractivity contribution in [1.82, 2.24) is 30.6 Å². The number of hydrogen-bond donors (Lipinski definition) is 4. The van der Waals surface area contributed by atoms with E-state index in [2.05, 4.69) is 152 Å². The normalized spacial score (nSPS) is 14.5. The van der Waals surface area contributed by atoms with Gasteiger partial charge in [-0.3, -0.25) is 0 Å². The monoisotopic (exact) mass is 596 g/mol. The summed E-state index contributed by atoms with van der Waals surface area (Å²) in [5.41, 5.74) is 7.17. The largest absolute Gasteiger partial charge is 0.341 e. The molecule has 2 aromatic carbocycles. The number of aromatic amines is 2. The summed E-state index contributed by atoms with van der Waals surface area (Å²) in [4.78, 5) is 16.8. The number of benzene rings is 2. The summed E-state index contributed by atoms with van der Waals surface area (Å²) in [5, 5.41) is 7.50. The SMILES string of the molecule is CC(C)(C)CN[C@H](c1ncc(-c2ccc(-c3ccc(-c4cnc([C@@H](NCC(C)(C)C)C(C)(C)C)[nH]4)cc3)cc2)[nH]1)C(C)(C)C. The molecule has 4 rings (SSSR count). The molecule has 0 aliphatic carbocycles. The van der Waals surface area contributed by atoms with E-state index in [1.54, 1.807) is 0 Å². The van der Waals surface area contributed by atoms with Crippen LogP contribution in [-0.2, 0) is 0 Å². The lowest BCUT2D eigenvalue weighted by Crippen LogP contribution is -2.38. The molecule has 0 spiro atoms. The molecule has 0 unspecified atom stereocenters. The summed E-state index contributed by atoms with van der Waals surface area (Å²) >= 11 is 0. The maximum Gasteiger partial charge on any atom is 0.124 e. The predicted octanol–water partition coefficient (Wildman–Crippen LogP) is 9.58. The minimum atomic E-state index is 0.0333. The highest BCUT2D eigenvalue weighted by Gasteiger charge is 2.31. The zero-order chi connectivity index (χ0) is 32.5. The van der Waals surface area contributed by atoms with Crippen molar-refractivity contribution in [3.8, 4) is 33.6 Å². The zero-order valence-electron chi connectivity index (χ0n) is 29.2. The molecule has 4 N–H and O–H groups in total. The lowest BCUT2D eigenvalue weighted by molar-refractivity contribution is 0.233. The third-order valence-corrected chi connectivity index (χ3v) is 7.87. The summed E-state index contributed by atoms with van der Waals surface area (Å²) < 4.78 is 0.